The van der Waals surface area contributed by atoms with E-state index < -0.39 is 14.4 Å². The molecule has 12 nitrogen and oxygen atoms in total. The smallest absolute Gasteiger partial charge is 0.409 e. The molecule has 60 heavy (non-hydrogen) atoms. The van der Waals surface area contributed by atoms with Gasteiger partial charge in [0, 0.05) is 62.2 Å². The lowest BCUT2D eigenvalue weighted by molar-refractivity contribution is -0.130. The molecule has 6 N–H and O–H groups in total. The van der Waals surface area contributed by atoms with Gasteiger partial charge in [-0.2, -0.15) is 0 Å². The quantitative estimate of drug-likeness (QED) is 0.0353. The lowest BCUT2D eigenvalue weighted by Gasteiger charge is -2.39. The summed E-state index contributed by atoms with van der Waals surface area (Å²) in [6.45, 7) is 12.6. The second kappa shape index (κ2) is 20.5. The van der Waals surface area contributed by atoms with Gasteiger partial charge < -0.3 is 35.2 Å². The van der Waals surface area contributed by atoms with E-state index in [-0.39, 0.29) is 34.3 Å². The summed E-state index contributed by atoms with van der Waals surface area (Å²) >= 11 is 0. The van der Waals surface area contributed by atoms with E-state index in [9.17, 15) is 29.4 Å². The van der Waals surface area contributed by atoms with Gasteiger partial charge in [-0.05, 0) is 96.4 Å². The molecule has 1 atom stereocenters. The van der Waals surface area contributed by atoms with Gasteiger partial charge in [-0.15, -0.1) is 0 Å². The molecule has 1 unspecified atom stereocenters. The predicted molar refractivity (Wildman–Crippen MR) is 242 cm³/mol. The number of H-pyrrole nitrogens is 1. The van der Waals surface area contributed by atoms with E-state index in [1.165, 1.54) is 6.07 Å². The first-order valence-corrected chi connectivity index (χ1v) is 23.5. The van der Waals surface area contributed by atoms with Crippen LogP contribution in [0.4, 0.5) is 16.2 Å². The molecule has 4 aromatic carbocycles. The summed E-state index contributed by atoms with van der Waals surface area (Å²) in [5.41, 5.74) is 5.91. The molecule has 1 heterocycles. The number of fused-ring (bicyclic) bond motifs is 1. The topological polar surface area (TPSA) is 173 Å². The number of aromatic nitrogens is 1. The maximum Gasteiger partial charge on any atom is 0.409 e. The number of aromatic amines is 1. The minimum atomic E-state index is -2.22. The molecule has 0 saturated carbocycles. The van der Waals surface area contributed by atoms with E-state index in [1.807, 2.05) is 78.9 Å². The van der Waals surface area contributed by atoms with Crippen molar-refractivity contribution >= 4 is 48.5 Å². The normalized spacial score (nSPS) is 12.2. The average molecular weight is 834 g/mol. The molecule has 5 aromatic rings. The Morgan fingerprint density at radius 1 is 0.850 bits per heavy atom. The van der Waals surface area contributed by atoms with Gasteiger partial charge in [0.15, 0.2) is 8.32 Å². The van der Waals surface area contributed by atoms with Crippen molar-refractivity contribution in [2.24, 2.45) is 0 Å². The van der Waals surface area contributed by atoms with Crippen molar-refractivity contribution in [3.8, 4) is 16.9 Å². The molecule has 0 spiro atoms. The summed E-state index contributed by atoms with van der Waals surface area (Å²) in [6.07, 6.45) is 1.86. The Balaban J connectivity index is 1.04. The second-order valence-corrected chi connectivity index (χ2v) is 21.6. The fourth-order valence-corrected chi connectivity index (χ4v) is 8.07. The van der Waals surface area contributed by atoms with Crippen LogP contribution in [-0.2, 0) is 27.0 Å². The Hall–Kier alpha value is -5.76. The molecular formula is C47H59N5O7Si. The van der Waals surface area contributed by atoms with Crippen LogP contribution in [0, 0.1) is 0 Å². The molecule has 318 valence electrons. The van der Waals surface area contributed by atoms with Crippen molar-refractivity contribution in [3.05, 3.63) is 124 Å². The number of rotatable bonds is 19. The number of unbranched alkanes of at least 4 members (excludes halogenated alkanes) is 1. The van der Waals surface area contributed by atoms with Crippen LogP contribution in [0.3, 0.4) is 0 Å². The van der Waals surface area contributed by atoms with Crippen LogP contribution < -0.4 is 21.5 Å². The zero-order valence-corrected chi connectivity index (χ0v) is 36.6. The van der Waals surface area contributed by atoms with Gasteiger partial charge in [-0.25, -0.2) is 4.79 Å². The summed E-state index contributed by atoms with van der Waals surface area (Å²) in [4.78, 5) is 53.5. The van der Waals surface area contributed by atoms with Crippen molar-refractivity contribution in [1.29, 1.82) is 0 Å². The number of phenols is 1. The number of nitrogens with one attached hydrogen (secondary N) is 4. The number of amides is 3. The number of pyridine rings is 1. The Morgan fingerprint density at radius 2 is 1.57 bits per heavy atom. The minimum Gasteiger partial charge on any atom is -0.506 e. The van der Waals surface area contributed by atoms with Crippen molar-refractivity contribution in [2.75, 3.05) is 30.8 Å². The number of benzene rings is 4. The SMILES string of the molecule is CN(CCCCC(=O)Nc1ccc(CNCC(O[Si](C)(C)C(C)(C)C)c2ccc(O)c3[nH]c(=O)ccc23)cc1)C(=O)CCCc1ccc(-c2ccccc2)c(NC(=O)O)c1. The van der Waals surface area contributed by atoms with Gasteiger partial charge in [0.25, 0.3) is 0 Å². The van der Waals surface area contributed by atoms with Crippen LogP contribution in [-0.4, -0.2) is 66.5 Å². The summed E-state index contributed by atoms with van der Waals surface area (Å²) in [6, 6.07) is 29.7. The van der Waals surface area contributed by atoms with Crippen molar-refractivity contribution in [2.45, 2.75) is 90.1 Å². The molecule has 0 saturated heterocycles. The number of phenolic OH excluding ortho intramolecular Hbond substituents is 1. The van der Waals surface area contributed by atoms with Gasteiger partial charge in [-0.1, -0.05) is 81.4 Å². The molecule has 0 fully saturated rings. The lowest BCUT2D eigenvalue weighted by atomic mass is 9.99. The molecule has 3 amide bonds. The van der Waals surface area contributed by atoms with Crippen LogP contribution >= 0.6 is 0 Å². The molecule has 0 bridgehead atoms. The second-order valence-electron chi connectivity index (χ2n) is 16.8. The highest BCUT2D eigenvalue weighted by atomic mass is 28.4. The number of aryl methyl sites for hydroxylation is 1. The summed E-state index contributed by atoms with van der Waals surface area (Å²) in [5.74, 6) is -0.0420. The standard InChI is InChI=1S/C47H59N5O7Si/c1-47(2,3)60(5,6)59-41(37-24-26-40(53)45-38(37)25-27-43(55)51-45)31-48-30-33-18-21-35(22-19-33)49-42(54)16-10-11-28-52(4)44(56)17-12-13-32-20-23-36(34-14-8-7-9-15-34)39(29-32)50-46(57)58/h7-9,14-15,18-27,29,41,48,50,53H,10-13,16-17,28,30-31H2,1-6H3,(H,49,54)(H,51,55)(H,57,58). The highest BCUT2D eigenvalue weighted by Gasteiger charge is 2.39. The first-order valence-electron chi connectivity index (χ1n) is 20.6. The Bertz CT molecular complexity index is 2310. The van der Waals surface area contributed by atoms with Gasteiger partial charge in [-0.3, -0.25) is 19.7 Å². The third-order valence-corrected chi connectivity index (χ3v) is 15.7. The van der Waals surface area contributed by atoms with Gasteiger partial charge in [0.2, 0.25) is 17.4 Å². The van der Waals surface area contributed by atoms with E-state index in [1.54, 1.807) is 24.1 Å². The molecule has 0 aliphatic heterocycles. The van der Waals surface area contributed by atoms with Crippen LogP contribution in [0.1, 0.15) is 75.7 Å². The van der Waals surface area contributed by atoms with Crippen LogP contribution in [0.2, 0.25) is 18.1 Å². The summed E-state index contributed by atoms with van der Waals surface area (Å²) in [7, 11) is -0.435. The number of nitrogens with zero attached hydrogens (tertiary/aromatic N) is 1. The molecule has 0 aliphatic rings. The first kappa shape index (κ1) is 45.3. The van der Waals surface area contributed by atoms with Crippen LogP contribution in [0.5, 0.6) is 5.75 Å². The monoisotopic (exact) mass is 833 g/mol. The highest BCUT2D eigenvalue weighted by Crippen LogP contribution is 2.41. The maximum atomic E-state index is 12.8. The van der Waals surface area contributed by atoms with Gasteiger partial charge >= 0.3 is 6.09 Å². The van der Waals surface area contributed by atoms with E-state index >= 15 is 0 Å². The fourth-order valence-electron chi connectivity index (χ4n) is 6.79. The molecule has 5 rings (SSSR count). The van der Waals surface area contributed by atoms with E-state index in [0.29, 0.717) is 75.1 Å². The first-order chi connectivity index (χ1) is 28.5. The Kier molecular flexibility index (Phi) is 15.5. The minimum absolute atomic E-state index is 0.0119. The molecule has 0 radical (unpaired) electrons. The molecule has 0 aliphatic carbocycles. The van der Waals surface area contributed by atoms with E-state index in [2.05, 4.69) is 54.8 Å². The van der Waals surface area contributed by atoms with Crippen molar-refractivity contribution in [3.63, 3.8) is 0 Å². The third kappa shape index (κ3) is 12.6. The number of hydrogen-bond donors (Lipinski definition) is 6. The number of hydrogen-bond acceptors (Lipinski definition) is 7. The third-order valence-electron chi connectivity index (χ3n) is 11.2. The van der Waals surface area contributed by atoms with Gasteiger partial charge in [0.05, 0.1) is 17.3 Å². The Morgan fingerprint density at radius 3 is 2.27 bits per heavy atom. The fraction of sp³-hybridized carbons (Fsp3) is 0.362. The number of carbonyl (C=O) groups excluding carboxylic acids is 2. The number of carboxylic acid groups (broad SMARTS) is 1. The predicted octanol–water partition coefficient (Wildman–Crippen LogP) is 9.43. The van der Waals surface area contributed by atoms with E-state index in [4.69, 9.17) is 4.43 Å². The zero-order chi connectivity index (χ0) is 43.5. The summed E-state index contributed by atoms with van der Waals surface area (Å²) < 4.78 is 6.91. The van der Waals surface area contributed by atoms with E-state index in [0.717, 1.165) is 33.2 Å². The molecule has 1 aromatic heterocycles. The largest absolute Gasteiger partial charge is 0.506 e. The summed E-state index contributed by atoms with van der Waals surface area (Å²) in [5, 5.41) is 29.6. The van der Waals surface area contributed by atoms with Crippen molar-refractivity contribution < 1.29 is 29.0 Å². The highest BCUT2D eigenvalue weighted by molar-refractivity contribution is 6.74. The van der Waals surface area contributed by atoms with Crippen molar-refractivity contribution in [1.82, 2.24) is 15.2 Å². The number of aromatic hydroxyl groups is 1. The zero-order valence-electron chi connectivity index (χ0n) is 35.6. The molecule has 13 heteroatoms. The Labute approximate surface area is 353 Å². The number of anilines is 2. The van der Waals surface area contributed by atoms with Crippen LogP contribution in [0.25, 0.3) is 22.0 Å². The molecular weight excluding hydrogens is 775 g/mol. The van der Waals surface area contributed by atoms with Gasteiger partial charge in [0.1, 0.15) is 5.75 Å². The number of carbonyl (C=O) groups is 3. The van der Waals surface area contributed by atoms with Crippen LogP contribution in [0.15, 0.2) is 102 Å². The lowest BCUT2D eigenvalue weighted by Crippen LogP contribution is -2.43. The average Bonchev–Trinajstić information content (AvgIpc) is 3.20. The maximum absolute atomic E-state index is 12.8.